The topological polar surface area (TPSA) is 100 Å². The monoisotopic (exact) mass is 359 g/mol. The van der Waals surface area contributed by atoms with Crippen LogP contribution >= 0.6 is 0 Å². The molecule has 0 saturated carbocycles. The van der Waals surface area contributed by atoms with Gasteiger partial charge in [-0.3, -0.25) is 0 Å². The van der Waals surface area contributed by atoms with Gasteiger partial charge in [0.15, 0.2) is 0 Å². The number of hydrogen-bond donors (Lipinski definition) is 3. The molecule has 3 N–H and O–H groups in total. The quantitative estimate of drug-likeness (QED) is 0.639. The molecule has 1 unspecified atom stereocenters. The van der Waals surface area contributed by atoms with Gasteiger partial charge in [-0.05, 0) is 27.2 Å². The Morgan fingerprint density at radius 3 is 2.48 bits per heavy atom. The van der Waals surface area contributed by atoms with Crippen LogP contribution in [0.4, 0.5) is 9.59 Å². The normalized spacial score (nSPS) is 17.6. The van der Waals surface area contributed by atoms with E-state index >= 15 is 0 Å². The van der Waals surface area contributed by atoms with Crippen molar-refractivity contribution in [1.82, 2.24) is 15.5 Å². The molecule has 0 aromatic rings. The minimum atomic E-state index is -0.885. The van der Waals surface area contributed by atoms with Gasteiger partial charge in [-0.1, -0.05) is 19.8 Å². The van der Waals surface area contributed by atoms with Crippen molar-refractivity contribution in [3.63, 3.8) is 0 Å². The van der Waals surface area contributed by atoms with E-state index in [9.17, 15) is 14.7 Å². The highest BCUT2D eigenvalue weighted by Gasteiger charge is 2.25. The molecule has 0 aromatic carbocycles. The summed E-state index contributed by atoms with van der Waals surface area (Å²) >= 11 is 0. The minimum absolute atomic E-state index is 0.0698. The standard InChI is InChI=1S/C17H33N3O5/c1-5-6-7-13(19-16(23)25-17(2,3)4)14(21)12-18-15(22)20-8-10-24-11-9-20/h13-14,21H,5-12H2,1-4H3,(H,18,22)(H,19,23)/t13-,14?/m0/s1. The Hall–Kier alpha value is -1.54. The van der Waals surface area contributed by atoms with Gasteiger partial charge in [0, 0.05) is 19.6 Å². The molecule has 0 bridgehead atoms. The van der Waals surface area contributed by atoms with Crippen LogP contribution in [0.3, 0.4) is 0 Å². The molecule has 8 heteroatoms. The zero-order valence-electron chi connectivity index (χ0n) is 15.8. The number of alkyl carbamates (subject to hydrolysis) is 1. The molecule has 1 aliphatic rings. The van der Waals surface area contributed by atoms with Crippen LogP contribution in [-0.2, 0) is 9.47 Å². The van der Waals surface area contributed by atoms with E-state index in [4.69, 9.17) is 9.47 Å². The molecule has 0 aromatic heterocycles. The van der Waals surface area contributed by atoms with Crippen molar-refractivity contribution in [2.45, 2.75) is 64.7 Å². The van der Waals surface area contributed by atoms with Gasteiger partial charge in [0.1, 0.15) is 5.60 Å². The zero-order valence-corrected chi connectivity index (χ0v) is 15.8. The molecule has 146 valence electrons. The summed E-state index contributed by atoms with van der Waals surface area (Å²) in [4.78, 5) is 25.7. The van der Waals surface area contributed by atoms with E-state index in [1.165, 1.54) is 0 Å². The minimum Gasteiger partial charge on any atom is -0.444 e. The maximum absolute atomic E-state index is 12.1. The summed E-state index contributed by atoms with van der Waals surface area (Å²) in [7, 11) is 0. The van der Waals surface area contributed by atoms with Crippen molar-refractivity contribution in [1.29, 1.82) is 0 Å². The van der Waals surface area contributed by atoms with E-state index in [2.05, 4.69) is 10.6 Å². The lowest BCUT2D eigenvalue weighted by atomic mass is 10.0. The number of unbranched alkanes of at least 4 members (excludes halogenated alkanes) is 1. The largest absolute Gasteiger partial charge is 0.444 e. The first-order valence-corrected chi connectivity index (χ1v) is 9.01. The van der Waals surface area contributed by atoms with E-state index in [0.29, 0.717) is 32.7 Å². The summed E-state index contributed by atoms with van der Waals surface area (Å²) < 4.78 is 10.5. The predicted octanol–water partition coefficient (Wildman–Crippen LogP) is 1.47. The fourth-order valence-corrected chi connectivity index (χ4v) is 2.46. The number of carbonyl (C=O) groups excluding carboxylic acids is 2. The average Bonchev–Trinajstić information content (AvgIpc) is 2.55. The highest BCUT2D eigenvalue weighted by Crippen LogP contribution is 2.10. The van der Waals surface area contributed by atoms with Crippen LogP contribution in [0.15, 0.2) is 0 Å². The number of aliphatic hydroxyl groups excluding tert-OH is 1. The second kappa shape index (κ2) is 10.5. The van der Waals surface area contributed by atoms with Crippen molar-refractivity contribution in [3.05, 3.63) is 0 Å². The number of nitrogens with one attached hydrogen (secondary N) is 2. The second-order valence-corrected chi connectivity index (χ2v) is 7.25. The lowest BCUT2D eigenvalue weighted by molar-refractivity contribution is 0.0401. The van der Waals surface area contributed by atoms with Gasteiger partial charge in [-0.2, -0.15) is 0 Å². The van der Waals surface area contributed by atoms with Crippen LogP contribution in [0, 0.1) is 0 Å². The SMILES string of the molecule is CCCC[C@H](NC(=O)OC(C)(C)C)C(O)CNC(=O)N1CCOCC1. The zero-order chi connectivity index (χ0) is 18.9. The molecule has 0 radical (unpaired) electrons. The Balaban J connectivity index is 2.49. The van der Waals surface area contributed by atoms with Crippen LogP contribution in [0.5, 0.6) is 0 Å². The van der Waals surface area contributed by atoms with Gasteiger partial charge in [0.2, 0.25) is 0 Å². The molecular formula is C17H33N3O5. The lowest BCUT2D eigenvalue weighted by Crippen LogP contribution is -2.52. The molecule has 1 aliphatic heterocycles. The first-order valence-electron chi connectivity index (χ1n) is 9.01. The predicted molar refractivity (Wildman–Crippen MR) is 94.5 cm³/mol. The first-order chi connectivity index (χ1) is 11.7. The van der Waals surface area contributed by atoms with Crippen LogP contribution in [0.1, 0.15) is 47.0 Å². The van der Waals surface area contributed by atoms with Crippen molar-refractivity contribution >= 4 is 12.1 Å². The molecular weight excluding hydrogens is 326 g/mol. The smallest absolute Gasteiger partial charge is 0.407 e. The number of carbonyl (C=O) groups is 2. The summed E-state index contributed by atoms with van der Waals surface area (Å²) in [6.07, 6.45) is 0.967. The Bertz CT molecular complexity index is 419. The molecule has 8 nitrogen and oxygen atoms in total. The van der Waals surface area contributed by atoms with Crippen LogP contribution < -0.4 is 10.6 Å². The van der Waals surface area contributed by atoms with E-state index in [1.54, 1.807) is 25.7 Å². The Morgan fingerprint density at radius 1 is 1.28 bits per heavy atom. The first kappa shape index (κ1) is 21.5. The third-order valence-corrected chi connectivity index (χ3v) is 3.80. The van der Waals surface area contributed by atoms with Gasteiger partial charge >= 0.3 is 12.1 Å². The summed E-state index contributed by atoms with van der Waals surface area (Å²) in [5.41, 5.74) is -0.602. The van der Waals surface area contributed by atoms with Crippen molar-refractivity contribution in [3.8, 4) is 0 Å². The lowest BCUT2D eigenvalue weighted by Gasteiger charge is -2.29. The van der Waals surface area contributed by atoms with Gasteiger partial charge in [0.25, 0.3) is 0 Å². The number of ether oxygens (including phenoxy) is 2. The van der Waals surface area contributed by atoms with E-state index < -0.39 is 23.8 Å². The van der Waals surface area contributed by atoms with Crippen LogP contribution in [0.2, 0.25) is 0 Å². The van der Waals surface area contributed by atoms with Gasteiger partial charge in [0.05, 0.1) is 25.4 Å². The van der Waals surface area contributed by atoms with Crippen molar-refractivity contribution < 1.29 is 24.2 Å². The number of nitrogens with zero attached hydrogens (tertiary/aromatic N) is 1. The third-order valence-electron chi connectivity index (χ3n) is 3.80. The number of hydrogen-bond acceptors (Lipinski definition) is 5. The molecule has 3 amide bonds. The summed E-state index contributed by atoms with van der Waals surface area (Å²) in [5, 5.41) is 15.8. The highest BCUT2D eigenvalue weighted by atomic mass is 16.6. The Kier molecular flexibility index (Phi) is 8.99. The summed E-state index contributed by atoms with van der Waals surface area (Å²) in [6.45, 7) is 9.59. The fourth-order valence-electron chi connectivity index (χ4n) is 2.46. The van der Waals surface area contributed by atoms with Crippen LogP contribution in [0.25, 0.3) is 0 Å². The fraction of sp³-hybridized carbons (Fsp3) is 0.882. The number of amides is 3. The molecule has 1 heterocycles. The molecule has 1 rings (SSSR count). The molecule has 25 heavy (non-hydrogen) atoms. The number of urea groups is 1. The van der Waals surface area contributed by atoms with Gasteiger partial charge in [-0.15, -0.1) is 0 Å². The molecule has 0 spiro atoms. The average molecular weight is 359 g/mol. The maximum atomic E-state index is 12.1. The van der Waals surface area contributed by atoms with Crippen molar-refractivity contribution in [2.75, 3.05) is 32.8 Å². The van der Waals surface area contributed by atoms with Crippen molar-refractivity contribution in [2.24, 2.45) is 0 Å². The molecule has 1 saturated heterocycles. The van der Waals surface area contributed by atoms with Crippen LogP contribution in [-0.4, -0.2) is 72.7 Å². The Labute approximate surface area is 150 Å². The van der Waals surface area contributed by atoms with Gasteiger partial charge in [-0.25, -0.2) is 9.59 Å². The molecule has 2 atom stereocenters. The highest BCUT2D eigenvalue weighted by molar-refractivity contribution is 5.74. The third kappa shape index (κ3) is 8.92. The number of aliphatic hydroxyl groups is 1. The Morgan fingerprint density at radius 2 is 1.92 bits per heavy atom. The summed E-state index contributed by atoms with van der Waals surface area (Å²) in [6, 6.07) is -0.700. The van der Waals surface area contributed by atoms with E-state index in [-0.39, 0.29) is 12.6 Å². The number of rotatable bonds is 7. The van der Waals surface area contributed by atoms with E-state index in [1.807, 2.05) is 6.92 Å². The summed E-state index contributed by atoms with van der Waals surface area (Å²) in [5.74, 6) is 0. The maximum Gasteiger partial charge on any atom is 0.407 e. The van der Waals surface area contributed by atoms with Gasteiger partial charge < -0.3 is 30.1 Å². The molecule has 1 fully saturated rings. The second-order valence-electron chi connectivity index (χ2n) is 7.25. The molecule has 0 aliphatic carbocycles. The van der Waals surface area contributed by atoms with E-state index in [0.717, 1.165) is 12.8 Å². The number of morpholine rings is 1.